The highest BCUT2D eigenvalue weighted by Gasteiger charge is 2.34. The van der Waals surface area contributed by atoms with E-state index in [2.05, 4.69) is 10.1 Å². The standard InChI is InChI=1S/C19H16ClN3O2/c1-12-3-2-4-13(9-12)19-21-18(22-25-19)14-10-17(24)23(11-14)16-7-5-15(20)6-8-16/h2-9,14H,10-11H2,1H3/t14-/m0/s1. The van der Waals surface area contributed by atoms with Gasteiger partial charge in [0.05, 0.1) is 0 Å². The number of carbonyl (C=O) groups is 1. The van der Waals surface area contributed by atoms with Gasteiger partial charge in [0.1, 0.15) is 0 Å². The minimum absolute atomic E-state index is 0.0502. The van der Waals surface area contributed by atoms with E-state index >= 15 is 0 Å². The summed E-state index contributed by atoms with van der Waals surface area (Å²) >= 11 is 5.92. The van der Waals surface area contributed by atoms with Crippen LogP contribution in [0.1, 0.15) is 23.7 Å². The summed E-state index contributed by atoms with van der Waals surface area (Å²) in [6.07, 6.45) is 0.370. The number of rotatable bonds is 3. The van der Waals surface area contributed by atoms with Gasteiger partial charge in [0.25, 0.3) is 5.89 Å². The van der Waals surface area contributed by atoms with Gasteiger partial charge in [-0.3, -0.25) is 4.79 Å². The molecule has 0 spiro atoms. The number of amides is 1. The number of aryl methyl sites for hydroxylation is 1. The van der Waals surface area contributed by atoms with E-state index in [-0.39, 0.29) is 11.8 Å². The van der Waals surface area contributed by atoms with E-state index in [4.69, 9.17) is 16.1 Å². The first-order valence-corrected chi connectivity index (χ1v) is 8.44. The molecule has 3 aromatic rings. The van der Waals surface area contributed by atoms with Crippen molar-refractivity contribution in [2.75, 3.05) is 11.4 Å². The SMILES string of the molecule is Cc1cccc(-c2nc([C@H]3CC(=O)N(c4ccc(Cl)cc4)C3)no2)c1. The van der Waals surface area contributed by atoms with Crippen molar-refractivity contribution in [3.8, 4) is 11.5 Å². The van der Waals surface area contributed by atoms with Crippen LogP contribution < -0.4 is 4.90 Å². The Labute approximate surface area is 150 Å². The third kappa shape index (κ3) is 3.15. The highest BCUT2D eigenvalue weighted by molar-refractivity contribution is 6.30. The molecule has 0 N–H and O–H groups in total. The second-order valence-corrected chi connectivity index (χ2v) is 6.65. The molecule has 1 fully saturated rings. The topological polar surface area (TPSA) is 59.2 Å². The molecule has 6 heteroatoms. The van der Waals surface area contributed by atoms with Crippen LogP contribution in [0.2, 0.25) is 5.02 Å². The van der Waals surface area contributed by atoms with Gasteiger partial charge in [-0.25, -0.2) is 0 Å². The Bertz CT molecular complexity index is 920. The van der Waals surface area contributed by atoms with Crippen LogP contribution >= 0.6 is 11.6 Å². The van der Waals surface area contributed by atoms with E-state index in [1.165, 1.54) is 0 Å². The molecule has 0 unspecified atom stereocenters. The fourth-order valence-corrected chi connectivity index (χ4v) is 3.17. The zero-order valence-corrected chi connectivity index (χ0v) is 14.4. The molecule has 4 rings (SSSR count). The molecule has 25 heavy (non-hydrogen) atoms. The van der Waals surface area contributed by atoms with Crippen LogP contribution in [0.3, 0.4) is 0 Å². The van der Waals surface area contributed by atoms with Gasteiger partial charge in [0, 0.05) is 35.2 Å². The van der Waals surface area contributed by atoms with Gasteiger partial charge >= 0.3 is 0 Å². The van der Waals surface area contributed by atoms with Crippen LogP contribution in [-0.2, 0) is 4.79 Å². The quantitative estimate of drug-likeness (QED) is 0.707. The second kappa shape index (κ2) is 6.33. The van der Waals surface area contributed by atoms with E-state index in [0.717, 1.165) is 16.8 Å². The fraction of sp³-hybridized carbons (Fsp3) is 0.211. The molecule has 126 valence electrons. The highest BCUT2D eigenvalue weighted by atomic mass is 35.5. The number of aromatic nitrogens is 2. The van der Waals surface area contributed by atoms with Crippen LogP contribution in [0.5, 0.6) is 0 Å². The summed E-state index contributed by atoms with van der Waals surface area (Å²) in [7, 11) is 0. The van der Waals surface area contributed by atoms with Gasteiger partial charge in [-0.1, -0.05) is 34.5 Å². The molecule has 0 saturated carbocycles. The lowest BCUT2D eigenvalue weighted by atomic mass is 10.1. The predicted molar refractivity (Wildman–Crippen MR) is 95.6 cm³/mol. The van der Waals surface area contributed by atoms with Gasteiger partial charge in [-0.2, -0.15) is 4.98 Å². The van der Waals surface area contributed by atoms with Gasteiger partial charge in [-0.05, 0) is 43.3 Å². The monoisotopic (exact) mass is 353 g/mol. The highest BCUT2D eigenvalue weighted by Crippen LogP contribution is 2.32. The summed E-state index contributed by atoms with van der Waals surface area (Å²) in [5, 5.41) is 4.74. The summed E-state index contributed by atoms with van der Waals surface area (Å²) in [5.41, 5.74) is 2.85. The largest absolute Gasteiger partial charge is 0.334 e. The molecule has 0 aliphatic carbocycles. The smallest absolute Gasteiger partial charge is 0.257 e. The van der Waals surface area contributed by atoms with Crippen LogP contribution in [0.15, 0.2) is 53.1 Å². The van der Waals surface area contributed by atoms with Crippen molar-refractivity contribution >= 4 is 23.2 Å². The summed E-state index contributed by atoms with van der Waals surface area (Å²) in [4.78, 5) is 18.6. The lowest BCUT2D eigenvalue weighted by Gasteiger charge is -2.16. The molecular formula is C19H16ClN3O2. The summed E-state index contributed by atoms with van der Waals surface area (Å²) in [5.74, 6) is 1.03. The number of benzene rings is 2. The summed E-state index contributed by atoms with van der Waals surface area (Å²) in [6, 6.07) is 15.1. The lowest BCUT2D eigenvalue weighted by molar-refractivity contribution is -0.117. The maximum absolute atomic E-state index is 12.4. The van der Waals surface area contributed by atoms with E-state index in [9.17, 15) is 4.79 Å². The van der Waals surface area contributed by atoms with Crippen molar-refractivity contribution in [2.45, 2.75) is 19.3 Å². The zero-order chi connectivity index (χ0) is 17.4. The van der Waals surface area contributed by atoms with Crippen molar-refractivity contribution in [1.82, 2.24) is 10.1 Å². The Morgan fingerprint density at radius 2 is 2.00 bits per heavy atom. The second-order valence-electron chi connectivity index (χ2n) is 6.21. The van der Waals surface area contributed by atoms with Crippen molar-refractivity contribution in [2.24, 2.45) is 0 Å². The molecule has 1 aliphatic heterocycles. The normalized spacial score (nSPS) is 17.3. The van der Waals surface area contributed by atoms with Gasteiger partial charge < -0.3 is 9.42 Å². The predicted octanol–water partition coefficient (Wildman–Crippen LogP) is 4.22. The Morgan fingerprint density at radius 3 is 2.76 bits per heavy atom. The molecule has 1 aliphatic rings. The van der Waals surface area contributed by atoms with E-state index in [1.54, 1.807) is 17.0 Å². The minimum atomic E-state index is -0.0783. The Hall–Kier alpha value is -2.66. The van der Waals surface area contributed by atoms with Crippen LogP contribution in [0.25, 0.3) is 11.5 Å². The van der Waals surface area contributed by atoms with Gasteiger partial charge in [0.2, 0.25) is 5.91 Å². The summed E-state index contributed by atoms with van der Waals surface area (Å²) in [6.45, 7) is 2.55. The molecule has 5 nitrogen and oxygen atoms in total. The Kier molecular flexibility index (Phi) is 4.01. The van der Waals surface area contributed by atoms with Gasteiger partial charge in [-0.15, -0.1) is 0 Å². The van der Waals surface area contributed by atoms with Crippen molar-refractivity contribution in [3.63, 3.8) is 0 Å². The Morgan fingerprint density at radius 1 is 1.20 bits per heavy atom. The van der Waals surface area contributed by atoms with Crippen molar-refractivity contribution < 1.29 is 9.32 Å². The molecule has 2 aromatic carbocycles. The number of hydrogen-bond acceptors (Lipinski definition) is 4. The third-order valence-corrected chi connectivity index (χ3v) is 4.59. The minimum Gasteiger partial charge on any atom is -0.334 e. The number of nitrogens with zero attached hydrogens (tertiary/aromatic N) is 3. The molecule has 1 amide bonds. The first-order valence-electron chi connectivity index (χ1n) is 8.07. The molecule has 0 bridgehead atoms. The first-order chi connectivity index (χ1) is 12.1. The van der Waals surface area contributed by atoms with Crippen LogP contribution in [0, 0.1) is 6.92 Å². The molecule has 0 radical (unpaired) electrons. The van der Waals surface area contributed by atoms with E-state index in [1.807, 2.05) is 43.3 Å². The molecular weight excluding hydrogens is 338 g/mol. The maximum Gasteiger partial charge on any atom is 0.257 e. The first kappa shape index (κ1) is 15.8. The number of anilines is 1. The van der Waals surface area contributed by atoms with Crippen LogP contribution in [0.4, 0.5) is 5.69 Å². The lowest BCUT2D eigenvalue weighted by Crippen LogP contribution is -2.24. The molecule has 2 heterocycles. The van der Waals surface area contributed by atoms with Crippen LogP contribution in [-0.4, -0.2) is 22.6 Å². The third-order valence-electron chi connectivity index (χ3n) is 4.34. The average Bonchev–Trinajstić information content (AvgIpc) is 3.23. The van der Waals surface area contributed by atoms with Crippen molar-refractivity contribution in [3.05, 3.63) is 64.9 Å². The van der Waals surface area contributed by atoms with E-state index in [0.29, 0.717) is 29.7 Å². The molecule has 1 atom stereocenters. The average molecular weight is 354 g/mol. The van der Waals surface area contributed by atoms with E-state index < -0.39 is 0 Å². The number of halogens is 1. The summed E-state index contributed by atoms with van der Waals surface area (Å²) < 4.78 is 5.40. The Balaban J connectivity index is 1.55. The van der Waals surface area contributed by atoms with Gasteiger partial charge in [0.15, 0.2) is 5.82 Å². The van der Waals surface area contributed by atoms with Crippen molar-refractivity contribution in [1.29, 1.82) is 0 Å². The molecule has 1 saturated heterocycles. The number of hydrogen-bond donors (Lipinski definition) is 0. The molecule has 1 aromatic heterocycles. The fourth-order valence-electron chi connectivity index (χ4n) is 3.05. The maximum atomic E-state index is 12.4. The number of carbonyl (C=O) groups excluding carboxylic acids is 1. The zero-order valence-electron chi connectivity index (χ0n) is 13.6.